The Morgan fingerprint density at radius 2 is 2.05 bits per heavy atom. The van der Waals surface area contributed by atoms with E-state index in [4.69, 9.17) is 4.74 Å². The fourth-order valence-electron chi connectivity index (χ4n) is 3.44. The normalized spacial score (nSPS) is 29.5. The standard InChI is InChI=1S/C14H13BrFNO2S2/c15-9-2-1-8-10(11(9)16)14(20-5-6-21-14)4-3-13(8)7-19-12(18)17-13/h1-2H,3-7H2,(H,17,18)/t13-/m1/s1. The van der Waals surface area contributed by atoms with Gasteiger partial charge in [-0.1, -0.05) is 6.07 Å². The quantitative estimate of drug-likeness (QED) is 0.728. The largest absolute Gasteiger partial charge is 0.447 e. The fourth-order valence-corrected chi connectivity index (χ4v) is 7.11. The molecule has 0 aromatic heterocycles. The molecule has 4 rings (SSSR count). The Balaban J connectivity index is 1.94. The first-order valence-electron chi connectivity index (χ1n) is 6.78. The topological polar surface area (TPSA) is 38.3 Å². The van der Waals surface area contributed by atoms with Gasteiger partial charge in [-0.3, -0.25) is 0 Å². The molecule has 112 valence electrons. The highest BCUT2D eigenvalue weighted by atomic mass is 79.9. The number of halogens is 2. The molecule has 21 heavy (non-hydrogen) atoms. The second kappa shape index (κ2) is 4.80. The molecule has 2 spiro atoms. The Hall–Kier alpha value is -0.400. The number of hydrogen-bond donors (Lipinski definition) is 1. The van der Waals surface area contributed by atoms with E-state index in [9.17, 15) is 9.18 Å². The summed E-state index contributed by atoms with van der Waals surface area (Å²) in [6.45, 7) is 0.283. The molecule has 2 fully saturated rings. The molecule has 2 heterocycles. The van der Waals surface area contributed by atoms with Crippen molar-refractivity contribution in [3.63, 3.8) is 0 Å². The zero-order valence-corrected chi connectivity index (χ0v) is 14.3. The summed E-state index contributed by atoms with van der Waals surface area (Å²) in [5, 5.41) is 2.92. The van der Waals surface area contributed by atoms with E-state index in [2.05, 4.69) is 21.2 Å². The van der Waals surface area contributed by atoms with Crippen LogP contribution in [0.2, 0.25) is 0 Å². The number of nitrogens with one attached hydrogen (secondary N) is 1. The Morgan fingerprint density at radius 3 is 2.71 bits per heavy atom. The van der Waals surface area contributed by atoms with Gasteiger partial charge in [0.05, 0.1) is 8.55 Å². The third-order valence-corrected chi connectivity index (χ3v) is 8.56. The summed E-state index contributed by atoms with van der Waals surface area (Å²) in [6.07, 6.45) is 1.21. The van der Waals surface area contributed by atoms with Gasteiger partial charge in [-0.15, -0.1) is 23.5 Å². The minimum absolute atomic E-state index is 0.199. The lowest BCUT2D eigenvalue weighted by atomic mass is 9.76. The number of benzene rings is 1. The van der Waals surface area contributed by atoms with Gasteiger partial charge in [-0.2, -0.15) is 0 Å². The SMILES string of the molecule is O=C1N[C@]2(CCC3(SCCS3)c3c2ccc(Br)c3F)CO1. The predicted molar refractivity (Wildman–Crippen MR) is 86.1 cm³/mol. The van der Waals surface area contributed by atoms with E-state index < -0.39 is 11.6 Å². The third kappa shape index (κ3) is 1.96. The van der Waals surface area contributed by atoms with Gasteiger partial charge in [0.25, 0.3) is 0 Å². The number of rotatable bonds is 0. The maximum absolute atomic E-state index is 14.9. The van der Waals surface area contributed by atoms with E-state index in [0.717, 1.165) is 35.5 Å². The average molecular weight is 390 g/mol. The van der Waals surface area contributed by atoms with Gasteiger partial charge in [0.15, 0.2) is 0 Å². The van der Waals surface area contributed by atoms with Crippen LogP contribution >= 0.6 is 39.5 Å². The summed E-state index contributed by atoms with van der Waals surface area (Å²) in [7, 11) is 0. The highest BCUT2D eigenvalue weighted by Gasteiger charge is 2.54. The van der Waals surface area contributed by atoms with Crippen LogP contribution in [0, 0.1) is 5.82 Å². The second-order valence-corrected chi connectivity index (χ2v) is 9.42. The van der Waals surface area contributed by atoms with Gasteiger partial charge in [0, 0.05) is 17.1 Å². The lowest BCUT2D eigenvalue weighted by Crippen LogP contribution is -2.46. The maximum atomic E-state index is 14.9. The minimum Gasteiger partial charge on any atom is -0.447 e. The summed E-state index contributed by atoms with van der Waals surface area (Å²) >= 11 is 6.95. The van der Waals surface area contributed by atoms with Gasteiger partial charge in [0.1, 0.15) is 18.0 Å². The molecule has 1 atom stereocenters. The molecule has 7 heteroatoms. The number of hydrogen-bond acceptors (Lipinski definition) is 4. The van der Waals surface area contributed by atoms with Crippen LogP contribution in [0.3, 0.4) is 0 Å². The fraction of sp³-hybridized carbons (Fsp3) is 0.500. The number of carbonyl (C=O) groups is 1. The van der Waals surface area contributed by atoms with Crippen molar-refractivity contribution in [3.8, 4) is 0 Å². The summed E-state index contributed by atoms with van der Waals surface area (Å²) in [6, 6.07) is 3.65. The molecule has 1 aromatic carbocycles. The van der Waals surface area contributed by atoms with Crippen molar-refractivity contribution in [2.75, 3.05) is 18.1 Å². The van der Waals surface area contributed by atoms with Crippen LogP contribution in [0.15, 0.2) is 16.6 Å². The predicted octanol–water partition coefficient (Wildman–Crippen LogP) is 3.95. The smallest absolute Gasteiger partial charge is 0.408 e. The van der Waals surface area contributed by atoms with E-state index in [1.54, 1.807) is 6.07 Å². The molecule has 1 N–H and O–H groups in total. The molecule has 2 saturated heterocycles. The van der Waals surface area contributed by atoms with Crippen molar-refractivity contribution in [1.82, 2.24) is 5.32 Å². The second-order valence-electron chi connectivity index (χ2n) is 5.52. The van der Waals surface area contributed by atoms with E-state index in [-0.39, 0.29) is 16.5 Å². The van der Waals surface area contributed by atoms with Crippen LogP contribution < -0.4 is 5.32 Å². The first-order valence-corrected chi connectivity index (χ1v) is 9.55. The first kappa shape index (κ1) is 14.2. The molecule has 0 bridgehead atoms. The van der Waals surface area contributed by atoms with Gasteiger partial charge >= 0.3 is 6.09 Å². The van der Waals surface area contributed by atoms with Crippen LogP contribution in [-0.2, 0) is 14.4 Å². The number of ether oxygens (including phenoxy) is 1. The summed E-state index contributed by atoms with van der Waals surface area (Å²) in [4.78, 5) is 11.5. The Bertz CT molecular complexity index is 636. The van der Waals surface area contributed by atoms with Crippen LogP contribution in [0.1, 0.15) is 24.0 Å². The number of amides is 1. The van der Waals surface area contributed by atoms with Crippen LogP contribution in [0.4, 0.5) is 9.18 Å². The van der Waals surface area contributed by atoms with Crippen molar-refractivity contribution in [3.05, 3.63) is 33.5 Å². The van der Waals surface area contributed by atoms with E-state index >= 15 is 0 Å². The van der Waals surface area contributed by atoms with E-state index in [0.29, 0.717) is 4.47 Å². The van der Waals surface area contributed by atoms with Crippen molar-refractivity contribution in [1.29, 1.82) is 0 Å². The monoisotopic (exact) mass is 389 g/mol. The van der Waals surface area contributed by atoms with Crippen LogP contribution in [-0.4, -0.2) is 24.2 Å². The molecule has 2 aliphatic heterocycles. The molecule has 1 amide bonds. The summed E-state index contributed by atoms with van der Waals surface area (Å²) in [5.74, 6) is 1.87. The number of fused-ring (bicyclic) bond motifs is 3. The lowest BCUT2D eigenvalue weighted by Gasteiger charge is -2.42. The Kier molecular flexibility index (Phi) is 3.25. The number of alkyl carbamates (subject to hydrolysis) is 1. The highest BCUT2D eigenvalue weighted by Crippen LogP contribution is 2.61. The highest BCUT2D eigenvalue weighted by molar-refractivity contribution is 9.10. The van der Waals surface area contributed by atoms with Gasteiger partial charge in [-0.25, -0.2) is 9.18 Å². The molecule has 1 aliphatic carbocycles. The molecular weight excluding hydrogens is 377 g/mol. The Labute approximate surface area is 138 Å². The zero-order chi connectivity index (χ0) is 14.7. The number of thioether (sulfide) groups is 2. The average Bonchev–Trinajstić information content (AvgIpc) is 3.07. The molecule has 0 radical (unpaired) electrons. The molecule has 1 aromatic rings. The summed E-state index contributed by atoms with van der Waals surface area (Å²) < 4.78 is 20.3. The number of carbonyl (C=O) groups excluding carboxylic acids is 1. The Morgan fingerprint density at radius 1 is 1.29 bits per heavy atom. The van der Waals surface area contributed by atoms with E-state index in [1.807, 2.05) is 29.6 Å². The van der Waals surface area contributed by atoms with Crippen molar-refractivity contribution in [2.45, 2.75) is 22.5 Å². The van der Waals surface area contributed by atoms with Gasteiger partial charge in [-0.05, 0) is 40.4 Å². The molecule has 0 saturated carbocycles. The van der Waals surface area contributed by atoms with Gasteiger partial charge in [0.2, 0.25) is 0 Å². The van der Waals surface area contributed by atoms with Crippen molar-refractivity contribution >= 4 is 45.5 Å². The first-order chi connectivity index (χ1) is 10.1. The van der Waals surface area contributed by atoms with Gasteiger partial charge < -0.3 is 10.1 Å². The third-order valence-electron chi connectivity index (χ3n) is 4.42. The zero-order valence-electron chi connectivity index (χ0n) is 11.1. The van der Waals surface area contributed by atoms with Crippen molar-refractivity contribution in [2.24, 2.45) is 0 Å². The van der Waals surface area contributed by atoms with E-state index in [1.165, 1.54) is 0 Å². The molecule has 3 aliphatic rings. The maximum Gasteiger partial charge on any atom is 0.408 e. The van der Waals surface area contributed by atoms with Crippen molar-refractivity contribution < 1.29 is 13.9 Å². The lowest BCUT2D eigenvalue weighted by molar-refractivity contribution is 0.169. The number of cyclic esters (lactones) is 1. The minimum atomic E-state index is -0.567. The van der Waals surface area contributed by atoms with Crippen LogP contribution in [0.25, 0.3) is 0 Å². The molecule has 3 nitrogen and oxygen atoms in total. The molecular formula is C14H13BrFNO2S2. The van der Waals surface area contributed by atoms with Crippen LogP contribution in [0.5, 0.6) is 0 Å². The molecule has 0 unspecified atom stereocenters. The summed E-state index contributed by atoms with van der Waals surface area (Å²) in [5.41, 5.74) is 1.05.